The molecule has 0 saturated heterocycles. The molecular formula is C26H37NO7. The highest BCUT2D eigenvalue weighted by atomic mass is 16.6. The molecule has 0 aromatic carbocycles. The van der Waals surface area contributed by atoms with Gasteiger partial charge in [-0.2, -0.15) is 0 Å². The van der Waals surface area contributed by atoms with E-state index in [2.05, 4.69) is 25.2 Å². The van der Waals surface area contributed by atoms with Crippen molar-refractivity contribution in [2.24, 2.45) is 28.6 Å². The highest BCUT2D eigenvalue weighted by Gasteiger charge is 2.59. The average Bonchev–Trinajstić information content (AvgIpc) is 3.10. The number of fused-ring (bicyclic) bond motifs is 5. The Morgan fingerprint density at radius 1 is 1.18 bits per heavy atom. The second-order valence-electron chi connectivity index (χ2n) is 11.0. The third kappa shape index (κ3) is 4.24. The molecule has 0 bridgehead atoms. The zero-order chi connectivity index (χ0) is 24.7. The standard InChI is InChI=1S/C26H37NO7/c1-3-26-13-10-16(34-24(33)27-20(23(31)32)7-9-22(29)30)14-15(26)4-5-17-18-6-8-21(28)25(18,2)12-11-19(17)26/h4,16-20H,3,5-14H2,1-2H3,(H,27,33)(H,29,30)(H,31,32)/t16-,17?,18?,19?,20?,25-,26-/m0/s1. The number of allylic oxidation sites excluding steroid dienone is 1. The van der Waals surface area contributed by atoms with Crippen molar-refractivity contribution in [3.05, 3.63) is 11.6 Å². The van der Waals surface area contributed by atoms with Crippen LogP contribution in [0.25, 0.3) is 0 Å². The molecular weight excluding hydrogens is 438 g/mol. The van der Waals surface area contributed by atoms with Crippen LogP contribution in [-0.4, -0.2) is 46.2 Å². The summed E-state index contributed by atoms with van der Waals surface area (Å²) in [4.78, 5) is 47.2. The van der Waals surface area contributed by atoms with Crippen LogP contribution in [0.5, 0.6) is 0 Å². The van der Waals surface area contributed by atoms with Gasteiger partial charge in [0.15, 0.2) is 0 Å². The monoisotopic (exact) mass is 475 g/mol. The molecule has 34 heavy (non-hydrogen) atoms. The second-order valence-corrected chi connectivity index (χ2v) is 11.0. The van der Waals surface area contributed by atoms with Crippen LogP contribution >= 0.6 is 0 Å². The average molecular weight is 476 g/mol. The predicted molar refractivity (Wildman–Crippen MR) is 123 cm³/mol. The van der Waals surface area contributed by atoms with E-state index in [9.17, 15) is 24.3 Å². The third-order valence-corrected chi connectivity index (χ3v) is 9.63. The molecule has 3 saturated carbocycles. The predicted octanol–water partition coefficient (Wildman–Crippen LogP) is 4.32. The minimum Gasteiger partial charge on any atom is -0.481 e. The number of hydrogen-bond acceptors (Lipinski definition) is 5. The molecule has 4 unspecified atom stereocenters. The van der Waals surface area contributed by atoms with Gasteiger partial charge in [-0.25, -0.2) is 9.59 Å². The van der Waals surface area contributed by atoms with Crippen LogP contribution in [0.1, 0.15) is 84.5 Å². The van der Waals surface area contributed by atoms with Gasteiger partial charge in [0.1, 0.15) is 17.9 Å². The van der Waals surface area contributed by atoms with Gasteiger partial charge in [0.05, 0.1) is 0 Å². The van der Waals surface area contributed by atoms with Crippen molar-refractivity contribution in [1.29, 1.82) is 0 Å². The summed E-state index contributed by atoms with van der Waals surface area (Å²) in [6, 6.07) is -1.29. The van der Waals surface area contributed by atoms with Crippen LogP contribution in [0.4, 0.5) is 4.79 Å². The summed E-state index contributed by atoms with van der Waals surface area (Å²) < 4.78 is 5.61. The number of carboxylic acid groups (broad SMARTS) is 2. The molecule has 0 radical (unpaired) electrons. The summed E-state index contributed by atoms with van der Waals surface area (Å²) in [6.07, 6.45) is 8.76. The number of carboxylic acids is 2. The van der Waals surface area contributed by atoms with Gasteiger partial charge >= 0.3 is 18.0 Å². The zero-order valence-electron chi connectivity index (χ0n) is 20.2. The molecule has 7 atom stereocenters. The molecule has 8 heteroatoms. The topological polar surface area (TPSA) is 130 Å². The first-order valence-corrected chi connectivity index (χ1v) is 12.7. The molecule has 3 fully saturated rings. The van der Waals surface area contributed by atoms with Crippen molar-refractivity contribution in [3.63, 3.8) is 0 Å². The first-order valence-electron chi connectivity index (χ1n) is 12.7. The van der Waals surface area contributed by atoms with Crippen LogP contribution in [0.3, 0.4) is 0 Å². The lowest BCUT2D eigenvalue weighted by Crippen LogP contribution is -2.52. The quantitative estimate of drug-likeness (QED) is 0.467. The number of alkyl carbamates (subject to hydrolysis) is 1. The van der Waals surface area contributed by atoms with Crippen LogP contribution in [-0.2, 0) is 19.1 Å². The Morgan fingerprint density at radius 2 is 1.94 bits per heavy atom. The Hall–Kier alpha value is -2.38. The van der Waals surface area contributed by atoms with Crippen LogP contribution in [0.15, 0.2) is 11.6 Å². The highest BCUT2D eigenvalue weighted by Crippen LogP contribution is 2.65. The number of amides is 1. The zero-order valence-corrected chi connectivity index (χ0v) is 20.2. The highest BCUT2D eigenvalue weighted by molar-refractivity contribution is 5.87. The molecule has 3 N–H and O–H groups in total. The molecule has 4 aliphatic rings. The van der Waals surface area contributed by atoms with Gasteiger partial charge in [0.25, 0.3) is 0 Å². The maximum absolute atomic E-state index is 12.6. The Labute approximate surface area is 200 Å². The first-order chi connectivity index (χ1) is 16.1. The van der Waals surface area contributed by atoms with E-state index in [0.717, 1.165) is 51.4 Å². The largest absolute Gasteiger partial charge is 0.481 e. The Morgan fingerprint density at radius 3 is 2.62 bits per heavy atom. The molecule has 4 rings (SSSR count). The maximum Gasteiger partial charge on any atom is 0.408 e. The molecule has 0 spiro atoms. The maximum atomic E-state index is 12.6. The smallest absolute Gasteiger partial charge is 0.408 e. The van der Waals surface area contributed by atoms with E-state index in [1.165, 1.54) is 5.57 Å². The summed E-state index contributed by atoms with van der Waals surface area (Å²) in [7, 11) is 0. The Balaban J connectivity index is 1.42. The fourth-order valence-electron chi connectivity index (χ4n) is 7.81. The van der Waals surface area contributed by atoms with E-state index >= 15 is 0 Å². The Kier molecular flexibility index (Phi) is 6.80. The van der Waals surface area contributed by atoms with Gasteiger partial charge in [-0.05, 0) is 74.5 Å². The summed E-state index contributed by atoms with van der Waals surface area (Å²) in [5, 5.41) is 20.4. The summed E-state index contributed by atoms with van der Waals surface area (Å²) in [6.45, 7) is 4.43. The lowest BCUT2D eigenvalue weighted by molar-refractivity contribution is -0.140. The third-order valence-electron chi connectivity index (χ3n) is 9.63. The lowest BCUT2D eigenvalue weighted by atomic mass is 9.47. The van der Waals surface area contributed by atoms with Gasteiger partial charge < -0.3 is 20.3 Å². The number of rotatable bonds is 7. The Bertz CT molecular complexity index is 898. The van der Waals surface area contributed by atoms with E-state index in [1.54, 1.807) is 0 Å². The number of aliphatic carboxylic acids is 2. The lowest BCUT2D eigenvalue weighted by Gasteiger charge is -2.58. The summed E-state index contributed by atoms with van der Waals surface area (Å²) in [5.74, 6) is -0.371. The molecule has 8 nitrogen and oxygen atoms in total. The molecule has 0 aliphatic heterocycles. The normalized spacial score (nSPS) is 37.5. The molecule has 0 aromatic heterocycles. The molecule has 0 heterocycles. The van der Waals surface area contributed by atoms with Gasteiger partial charge in [-0.1, -0.05) is 25.5 Å². The molecule has 4 aliphatic carbocycles. The van der Waals surface area contributed by atoms with E-state index in [-0.39, 0.29) is 29.8 Å². The molecule has 1 amide bonds. The fourth-order valence-corrected chi connectivity index (χ4v) is 7.81. The van der Waals surface area contributed by atoms with Crippen LogP contribution in [0, 0.1) is 28.6 Å². The van der Waals surface area contributed by atoms with Gasteiger partial charge in [0.2, 0.25) is 0 Å². The minimum absolute atomic E-state index is 0.0946. The van der Waals surface area contributed by atoms with Gasteiger partial charge in [-0.15, -0.1) is 0 Å². The number of carbonyl (C=O) groups excluding carboxylic acids is 2. The number of carbonyl (C=O) groups is 4. The van der Waals surface area contributed by atoms with E-state index in [4.69, 9.17) is 9.84 Å². The van der Waals surface area contributed by atoms with Crippen molar-refractivity contribution in [1.82, 2.24) is 5.32 Å². The van der Waals surface area contributed by atoms with Gasteiger partial charge in [0, 0.05) is 24.7 Å². The number of nitrogens with one attached hydrogen (secondary N) is 1. The molecule has 0 aromatic rings. The number of hydrogen-bond donors (Lipinski definition) is 3. The van der Waals surface area contributed by atoms with E-state index in [0.29, 0.717) is 30.0 Å². The van der Waals surface area contributed by atoms with E-state index in [1.807, 2.05) is 0 Å². The van der Waals surface area contributed by atoms with Crippen molar-refractivity contribution in [2.45, 2.75) is 96.6 Å². The van der Waals surface area contributed by atoms with Crippen molar-refractivity contribution >= 4 is 23.8 Å². The van der Waals surface area contributed by atoms with Crippen molar-refractivity contribution in [2.75, 3.05) is 0 Å². The fraction of sp³-hybridized carbons (Fsp3) is 0.769. The number of ketones is 1. The minimum atomic E-state index is -1.29. The SMILES string of the molecule is CC[C@]12CC[C@H](OC(=O)NC(CCC(=O)O)C(=O)O)CC1=CCC1C2CC[C@]2(C)C(=O)CCC12. The van der Waals surface area contributed by atoms with E-state index < -0.39 is 24.1 Å². The summed E-state index contributed by atoms with van der Waals surface area (Å²) >= 11 is 0. The number of Topliss-reactive ketones (excluding diaryl/α,β-unsaturated/α-hetero) is 1. The van der Waals surface area contributed by atoms with Crippen molar-refractivity contribution in [3.8, 4) is 0 Å². The first kappa shape index (κ1) is 24.7. The van der Waals surface area contributed by atoms with Gasteiger partial charge in [-0.3, -0.25) is 9.59 Å². The van der Waals surface area contributed by atoms with Crippen LogP contribution in [0.2, 0.25) is 0 Å². The van der Waals surface area contributed by atoms with Crippen molar-refractivity contribution < 1.29 is 34.1 Å². The second kappa shape index (κ2) is 9.34. The molecule has 188 valence electrons. The number of ether oxygens (including phenoxy) is 1. The summed E-state index contributed by atoms with van der Waals surface area (Å²) in [5.41, 5.74) is 1.30. The van der Waals surface area contributed by atoms with Crippen LogP contribution < -0.4 is 5.32 Å².